The summed E-state index contributed by atoms with van der Waals surface area (Å²) in [7, 11) is -0.841. The topological polar surface area (TPSA) is 65.0 Å². The van der Waals surface area contributed by atoms with Gasteiger partial charge in [0.25, 0.3) is 0 Å². The van der Waals surface area contributed by atoms with Gasteiger partial charge in [0.15, 0.2) is 15.8 Å². The molecule has 0 radical (unpaired) electrons. The average molecular weight is 555 g/mol. The largest absolute Gasteiger partial charge is 0.357 e. The molecule has 2 aliphatic rings. The number of hydrogen-bond donors (Lipinski definition) is 1. The fraction of sp³-hybridized carbons (Fsp3) is 0.750. The predicted molar refractivity (Wildman–Crippen MR) is 133 cm³/mol. The lowest BCUT2D eigenvalue weighted by atomic mass is 9.88. The summed E-state index contributed by atoms with van der Waals surface area (Å²) in [6.07, 6.45) is 2.37. The fourth-order valence-electron chi connectivity index (χ4n) is 4.31. The fourth-order valence-corrected chi connectivity index (χ4v) is 6.66. The van der Waals surface area contributed by atoms with Crippen LogP contribution in [0.3, 0.4) is 0 Å². The molecule has 1 aromatic rings. The van der Waals surface area contributed by atoms with E-state index in [4.69, 9.17) is 4.99 Å². The van der Waals surface area contributed by atoms with Crippen LogP contribution < -0.4 is 5.32 Å². The van der Waals surface area contributed by atoms with E-state index in [1.165, 1.54) is 17.7 Å². The number of likely N-dealkylation sites (tertiary alicyclic amines) is 1. The second-order valence-corrected chi connectivity index (χ2v) is 12.3. The van der Waals surface area contributed by atoms with Crippen molar-refractivity contribution in [3.8, 4) is 0 Å². The summed E-state index contributed by atoms with van der Waals surface area (Å²) in [6.45, 7) is 9.37. The van der Waals surface area contributed by atoms with Gasteiger partial charge in [-0.3, -0.25) is 9.89 Å². The summed E-state index contributed by atoms with van der Waals surface area (Å²) < 4.78 is 24.0. The molecule has 2 saturated heterocycles. The number of piperidine rings is 1. The summed E-state index contributed by atoms with van der Waals surface area (Å²) in [5.74, 6) is 1.52. The lowest BCUT2D eigenvalue weighted by Crippen LogP contribution is -2.57. The lowest BCUT2D eigenvalue weighted by Gasteiger charge is -2.40. The van der Waals surface area contributed by atoms with Crippen LogP contribution in [0.4, 0.5) is 0 Å². The zero-order valence-corrected chi connectivity index (χ0v) is 21.9. The van der Waals surface area contributed by atoms with E-state index < -0.39 is 14.6 Å². The molecular weight excluding hydrogens is 519 g/mol. The molecule has 2 aliphatic heterocycles. The Balaban J connectivity index is 0.00000300. The average Bonchev–Trinajstić information content (AvgIpc) is 3.15. The van der Waals surface area contributed by atoms with Gasteiger partial charge < -0.3 is 10.2 Å². The van der Waals surface area contributed by atoms with Crippen molar-refractivity contribution in [2.24, 2.45) is 10.9 Å². The molecule has 2 fully saturated rings. The number of hydrogen-bond acceptors (Lipinski definition) is 5. The maximum atomic E-state index is 12.4. The molecule has 3 heterocycles. The van der Waals surface area contributed by atoms with Gasteiger partial charge in [0, 0.05) is 37.1 Å². The SMILES string of the molecule is CCNC(=NCC1CCCN(C)C1c1cccs1)N1CCS(=O)(=O)C(C)(C)C1.I. The predicted octanol–water partition coefficient (Wildman–Crippen LogP) is 3.22. The molecule has 2 atom stereocenters. The van der Waals surface area contributed by atoms with Crippen LogP contribution in [-0.2, 0) is 9.84 Å². The summed E-state index contributed by atoms with van der Waals surface area (Å²) in [4.78, 5) is 11.0. The molecule has 0 amide bonds. The maximum absolute atomic E-state index is 12.4. The first-order valence-corrected chi connectivity index (χ1v) is 12.8. The number of rotatable bonds is 4. The minimum atomic E-state index is -3.05. The first-order chi connectivity index (χ1) is 13.2. The molecule has 0 saturated carbocycles. The molecule has 2 unspecified atom stereocenters. The van der Waals surface area contributed by atoms with Crippen molar-refractivity contribution in [2.45, 2.75) is 44.4 Å². The standard InChI is InChI=1S/C20H34N4O2S2.HI/c1-5-21-19(24-11-13-28(25,26)20(2,3)15-24)22-14-16-8-6-10-23(4)18(16)17-9-7-12-27-17;/h7,9,12,16,18H,5-6,8,10-11,13-15H2,1-4H3,(H,21,22);1H. The number of nitrogens with one attached hydrogen (secondary N) is 1. The monoisotopic (exact) mass is 554 g/mol. The van der Waals surface area contributed by atoms with Crippen molar-refractivity contribution in [3.63, 3.8) is 0 Å². The highest BCUT2D eigenvalue weighted by Crippen LogP contribution is 2.37. The van der Waals surface area contributed by atoms with Crippen LogP contribution in [0.1, 0.15) is 44.5 Å². The van der Waals surface area contributed by atoms with Gasteiger partial charge in [-0.25, -0.2) is 8.42 Å². The van der Waals surface area contributed by atoms with Gasteiger partial charge in [-0.15, -0.1) is 35.3 Å². The quantitative estimate of drug-likeness (QED) is 0.352. The number of thiophene rings is 1. The molecule has 6 nitrogen and oxygen atoms in total. The van der Waals surface area contributed by atoms with Crippen molar-refractivity contribution in [1.82, 2.24) is 15.1 Å². The Morgan fingerprint density at radius 3 is 2.76 bits per heavy atom. The van der Waals surface area contributed by atoms with E-state index in [1.54, 1.807) is 0 Å². The summed E-state index contributed by atoms with van der Waals surface area (Å²) in [5, 5.41) is 5.54. The zero-order chi connectivity index (χ0) is 20.4. The van der Waals surface area contributed by atoms with E-state index >= 15 is 0 Å². The number of sulfone groups is 1. The molecule has 9 heteroatoms. The number of halogens is 1. The van der Waals surface area contributed by atoms with E-state index in [2.05, 4.69) is 46.6 Å². The Kier molecular flexibility index (Phi) is 8.82. The molecule has 0 aromatic carbocycles. The third kappa shape index (κ3) is 5.65. The van der Waals surface area contributed by atoms with Gasteiger partial charge in [-0.05, 0) is 64.6 Å². The molecule has 0 aliphatic carbocycles. The molecule has 29 heavy (non-hydrogen) atoms. The van der Waals surface area contributed by atoms with Gasteiger partial charge in [0.1, 0.15) is 0 Å². The maximum Gasteiger partial charge on any atom is 0.194 e. The number of nitrogens with zero attached hydrogens (tertiary/aromatic N) is 3. The van der Waals surface area contributed by atoms with Crippen LogP contribution in [0, 0.1) is 5.92 Å². The highest BCUT2D eigenvalue weighted by atomic mass is 127. The molecule has 0 bridgehead atoms. The first-order valence-electron chi connectivity index (χ1n) is 10.2. The smallest absolute Gasteiger partial charge is 0.194 e. The Morgan fingerprint density at radius 2 is 2.14 bits per heavy atom. The van der Waals surface area contributed by atoms with E-state index in [0.29, 0.717) is 25.0 Å². The van der Waals surface area contributed by atoms with E-state index in [0.717, 1.165) is 25.6 Å². The Hall–Kier alpha value is -0.390. The van der Waals surface area contributed by atoms with Crippen LogP contribution in [0.2, 0.25) is 0 Å². The number of guanidine groups is 1. The lowest BCUT2D eigenvalue weighted by molar-refractivity contribution is 0.128. The molecular formula is C20H35IN4O2S2. The van der Waals surface area contributed by atoms with Crippen LogP contribution in [0.5, 0.6) is 0 Å². The van der Waals surface area contributed by atoms with Crippen molar-refractivity contribution in [2.75, 3.05) is 45.5 Å². The van der Waals surface area contributed by atoms with E-state index in [1.807, 2.05) is 25.2 Å². The van der Waals surface area contributed by atoms with Crippen molar-refractivity contribution in [3.05, 3.63) is 22.4 Å². The second kappa shape index (κ2) is 10.3. The minimum Gasteiger partial charge on any atom is -0.357 e. The van der Waals surface area contributed by atoms with E-state index in [-0.39, 0.29) is 29.7 Å². The minimum absolute atomic E-state index is 0. The highest BCUT2D eigenvalue weighted by molar-refractivity contribution is 14.0. The van der Waals surface area contributed by atoms with Gasteiger partial charge in [-0.1, -0.05) is 6.07 Å². The first kappa shape index (κ1) is 24.9. The van der Waals surface area contributed by atoms with Crippen LogP contribution >= 0.6 is 35.3 Å². The Labute approximate surface area is 197 Å². The van der Waals surface area contributed by atoms with Crippen molar-refractivity contribution >= 4 is 51.1 Å². The molecule has 3 rings (SSSR count). The van der Waals surface area contributed by atoms with Gasteiger partial charge >= 0.3 is 0 Å². The third-order valence-electron chi connectivity index (χ3n) is 6.00. The summed E-state index contributed by atoms with van der Waals surface area (Å²) >= 11 is 1.83. The zero-order valence-electron chi connectivity index (χ0n) is 17.9. The van der Waals surface area contributed by atoms with Crippen LogP contribution in [-0.4, -0.2) is 74.4 Å². The van der Waals surface area contributed by atoms with E-state index in [9.17, 15) is 8.42 Å². The second-order valence-electron chi connectivity index (χ2n) is 8.54. The Morgan fingerprint density at radius 1 is 1.38 bits per heavy atom. The molecule has 1 aromatic heterocycles. The number of aliphatic imine (C=N–C) groups is 1. The van der Waals surface area contributed by atoms with Gasteiger partial charge in [0.05, 0.1) is 10.5 Å². The van der Waals surface area contributed by atoms with Crippen molar-refractivity contribution < 1.29 is 8.42 Å². The summed E-state index contributed by atoms with van der Waals surface area (Å²) in [5.41, 5.74) is 0. The van der Waals surface area contributed by atoms with Crippen molar-refractivity contribution in [1.29, 1.82) is 0 Å². The van der Waals surface area contributed by atoms with Gasteiger partial charge in [-0.2, -0.15) is 0 Å². The summed E-state index contributed by atoms with van der Waals surface area (Å²) in [6, 6.07) is 4.78. The van der Waals surface area contributed by atoms with Crippen LogP contribution in [0.15, 0.2) is 22.5 Å². The highest BCUT2D eigenvalue weighted by Gasteiger charge is 2.41. The van der Waals surface area contributed by atoms with Gasteiger partial charge in [0.2, 0.25) is 0 Å². The molecule has 0 spiro atoms. The third-order valence-corrected chi connectivity index (χ3v) is 9.47. The normalized spacial score (nSPS) is 27.3. The Bertz CT molecular complexity index is 780. The van der Waals surface area contributed by atoms with Crippen LogP contribution in [0.25, 0.3) is 0 Å². The molecule has 1 N–H and O–H groups in total. The molecule has 166 valence electrons.